The number of fused-ring (bicyclic) bond motifs is 1. The lowest BCUT2D eigenvalue weighted by Gasteiger charge is -2.17. The van der Waals surface area contributed by atoms with Crippen molar-refractivity contribution in [2.24, 2.45) is 0 Å². The molecule has 3 N–H and O–H groups in total. The molecule has 1 aliphatic heterocycles. The molecule has 1 fully saturated rings. The van der Waals surface area contributed by atoms with Gasteiger partial charge in [-0.15, -0.1) is 11.8 Å². The maximum absolute atomic E-state index is 13.8. The minimum atomic E-state index is -1.23. The molecule has 1 saturated heterocycles. The van der Waals surface area contributed by atoms with Crippen LogP contribution in [0.25, 0.3) is 11.0 Å². The Morgan fingerprint density at radius 1 is 1.14 bits per heavy atom. The van der Waals surface area contributed by atoms with E-state index in [-0.39, 0.29) is 5.75 Å². The van der Waals surface area contributed by atoms with E-state index in [2.05, 4.69) is 9.97 Å². The Labute approximate surface area is 162 Å². The van der Waals surface area contributed by atoms with Crippen molar-refractivity contribution in [2.75, 3.05) is 6.61 Å². The molecule has 2 aromatic heterocycles. The third kappa shape index (κ3) is 3.38. The summed E-state index contributed by atoms with van der Waals surface area (Å²) in [6.45, 7) is -0.423. The SMILES string of the molecule is OC[C@H]1O[C@@H](n2ccc3c(SCc4ccc(F)cc4F)ncnc32)[C@H](O)[C@@H]1O. The molecular formula is C18H17F2N3O4S. The quantitative estimate of drug-likeness (QED) is 0.435. The van der Waals surface area contributed by atoms with Gasteiger partial charge < -0.3 is 24.6 Å². The molecule has 0 amide bonds. The number of nitrogens with zero attached hydrogens (tertiary/aromatic N) is 3. The predicted molar refractivity (Wildman–Crippen MR) is 96.5 cm³/mol. The van der Waals surface area contributed by atoms with Gasteiger partial charge in [-0.25, -0.2) is 18.7 Å². The van der Waals surface area contributed by atoms with Crippen LogP contribution < -0.4 is 0 Å². The molecular weight excluding hydrogens is 392 g/mol. The first-order valence-corrected chi connectivity index (χ1v) is 9.49. The molecule has 0 spiro atoms. The third-order valence-corrected chi connectivity index (χ3v) is 5.70. The minimum absolute atomic E-state index is 0.247. The molecule has 4 rings (SSSR count). The van der Waals surface area contributed by atoms with E-state index in [1.807, 2.05) is 0 Å². The summed E-state index contributed by atoms with van der Waals surface area (Å²) in [6.07, 6.45) is -1.27. The molecule has 0 aliphatic carbocycles. The topological polar surface area (TPSA) is 101 Å². The Bertz CT molecular complexity index is 1000. The van der Waals surface area contributed by atoms with Crippen molar-refractivity contribution in [2.45, 2.75) is 35.3 Å². The molecule has 3 heterocycles. The van der Waals surface area contributed by atoms with Gasteiger partial charge in [0.1, 0.15) is 46.9 Å². The second-order valence-corrected chi connectivity index (χ2v) is 7.36. The van der Waals surface area contributed by atoms with Crippen molar-refractivity contribution in [1.82, 2.24) is 14.5 Å². The maximum atomic E-state index is 13.8. The van der Waals surface area contributed by atoms with Crippen molar-refractivity contribution in [1.29, 1.82) is 0 Å². The van der Waals surface area contributed by atoms with E-state index in [0.717, 1.165) is 6.07 Å². The first-order chi connectivity index (χ1) is 13.5. The monoisotopic (exact) mass is 409 g/mol. The van der Waals surface area contributed by atoms with Crippen molar-refractivity contribution in [3.8, 4) is 0 Å². The fourth-order valence-electron chi connectivity index (χ4n) is 3.16. The average Bonchev–Trinajstić information content (AvgIpc) is 3.23. The molecule has 10 heteroatoms. The number of aromatic nitrogens is 3. The van der Waals surface area contributed by atoms with Gasteiger partial charge in [0, 0.05) is 18.0 Å². The lowest BCUT2D eigenvalue weighted by atomic mass is 10.1. The molecule has 0 saturated carbocycles. The van der Waals surface area contributed by atoms with Crippen molar-refractivity contribution in [3.05, 3.63) is 54.0 Å². The number of thioether (sulfide) groups is 1. The number of hydrogen-bond donors (Lipinski definition) is 3. The lowest BCUT2D eigenvalue weighted by molar-refractivity contribution is -0.0508. The first kappa shape index (κ1) is 19.2. The van der Waals surface area contributed by atoms with Crippen molar-refractivity contribution in [3.63, 3.8) is 0 Å². The van der Waals surface area contributed by atoms with Gasteiger partial charge in [0.15, 0.2) is 6.23 Å². The zero-order valence-electron chi connectivity index (χ0n) is 14.4. The standard InChI is InChI=1S/C18H17F2N3O4S/c19-10-2-1-9(12(20)5-10)7-28-17-11-3-4-23(16(11)21-8-22-17)18-15(26)14(25)13(6-24)27-18/h1-5,8,13-15,18,24-26H,6-7H2/t13-,14-,15-,18-/m1/s1. The van der Waals surface area contributed by atoms with E-state index >= 15 is 0 Å². The fraction of sp³-hybridized carbons (Fsp3) is 0.333. The summed E-state index contributed by atoms with van der Waals surface area (Å²) >= 11 is 1.27. The van der Waals surface area contributed by atoms with Crippen LogP contribution in [0, 0.1) is 11.6 Å². The van der Waals surface area contributed by atoms with Crippen LogP contribution in [0.5, 0.6) is 0 Å². The van der Waals surface area contributed by atoms with E-state index in [1.54, 1.807) is 16.8 Å². The number of rotatable bonds is 5. The Balaban J connectivity index is 1.60. The number of hydrogen-bond acceptors (Lipinski definition) is 7. The van der Waals surface area contributed by atoms with Gasteiger partial charge in [0.25, 0.3) is 0 Å². The summed E-state index contributed by atoms with van der Waals surface area (Å²) in [5.74, 6) is -1.01. The highest BCUT2D eigenvalue weighted by molar-refractivity contribution is 7.98. The number of ether oxygens (including phenoxy) is 1. The van der Waals surface area contributed by atoms with Crippen LogP contribution in [0.4, 0.5) is 8.78 Å². The molecule has 4 atom stereocenters. The second-order valence-electron chi connectivity index (χ2n) is 6.39. The molecule has 28 heavy (non-hydrogen) atoms. The van der Waals surface area contributed by atoms with Crippen LogP contribution in [0.15, 0.2) is 41.8 Å². The van der Waals surface area contributed by atoms with E-state index in [4.69, 9.17) is 4.74 Å². The number of aliphatic hydroxyl groups is 3. The van der Waals surface area contributed by atoms with E-state index in [9.17, 15) is 24.1 Å². The van der Waals surface area contributed by atoms with Gasteiger partial charge in [0.2, 0.25) is 0 Å². The summed E-state index contributed by atoms with van der Waals surface area (Å²) in [4.78, 5) is 8.44. The number of benzene rings is 1. The van der Waals surface area contributed by atoms with Crippen LogP contribution in [0.1, 0.15) is 11.8 Å². The largest absolute Gasteiger partial charge is 0.394 e. The van der Waals surface area contributed by atoms with Gasteiger partial charge >= 0.3 is 0 Å². The van der Waals surface area contributed by atoms with Gasteiger partial charge in [-0.1, -0.05) is 6.07 Å². The van der Waals surface area contributed by atoms with Crippen LogP contribution in [0.2, 0.25) is 0 Å². The Kier molecular flexibility index (Phi) is 5.30. The van der Waals surface area contributed by atoms with Gasteiger partial charge in [0.05, 0.1) is 12.0 Å². The zero-order valence-corrected chi connectivity index (χ0v) is 15.3. The van der Waals surface area contributed by atoms with E-state index in [1.165, 1.54) is 30.2 Å². The fourth-order valence-corrected chi connectivity index (χ4v) is 4.13. The van der Waals surface area contributed by atoms with Crippen molar-refractivity contribution >= 4 is 22.8 Å². The molecule has 0 radical (unpaired) electrons. The smallest absolute Gasteiger partial charge is 0.164 e. The number of aliphatic hydroxyl groups excluding tert-OH is 3. The van der Waals surface area contributed by atoms with Crippen LogP contribution in [-0.2, 0) is 10.5 Å². The highest BCUT2D eigenvalue weighted by Gasteiger charge is 2.43. The van der Waals surface area contributed by atoms with Crippen LogP contribution >= 0.6 is 11.8 Å². The summed E-state index contributed by atoms with van der Waals surface area (Å²) in [6, 6.07) is 5.16. The summed E-state index contributed by atoms with van der Waals surface area (Å²) < 4.78 is 34.0. The normalized spacial score (nSPS) is 24.9. The number of halogens is 2. The molecule has 0 bridgehead atoms. The van der Waals surface area contributed by atoms with Crippen molar-refractivity contribution < 1.29 is 28.8 Å². The van der Waals surface area contributed by atoms with E-state index < -0.39 is 42.8 Å². The Morgan fingerprint density at radius 3 is 2.68 bits per heavy atom. The third-order valence-electron chi connectivity index (χ3n) is 4.64. The molecule has 148 valence electrons. The molecule has 7 nitrogen and oxygen atoms in total. The lowest BCUT2D eigenvalue weighted by Crippen LogP contribution is -2.33. The summed E-state index contributed by atoms with van der Waals surface area (Å²) in [5, 5.41) is 30.7. The van der Waals surface area contributed by atoms with Gasteiger partial charge in [-0.05, 0) is 17.7 Å². The zero-order chi connectivity index (χ0) is 19.8. The second kappa shape index (κ2) is 7.72. The summed E-state index contributed by atoms with van der Waals surface area (Å²) in [7, 11) is 0. The molecule has 0 unspecified atom stereocenters. The van der Waals surface area contributed by atoms with Crippen LogP contribution in [0.3, 0.4) is 0 Å². The Morgan fingerprint density at radius 2 is 1.96 bits per heavy atom. The molecule has 1 aliphatic rings. The first-order valence-electron chi connectivity index (χ1n) is 8.50. The molecule has 3 aromatic rings. The summed E-state index contributed by atoms with van der Waals surface area (Å²) in [5.41, 5.74) is 0.813. The highest BCUT2D eigenvalue weighted by atomic mass is 32.2. The highest BCUT2D eigenvalue weighted by Crippen LogP contribution is 2.34. The minimum Gasteiger partial charge on any atom is -0.394 e. The molecule has 1 aromatic carbocycles. The van der Waals surface area contributed by atoms with Gasteiger partial charge in [-0.2, -0.15) is 0 Å². The van der Waals surface area contributed by atoms with Gasteiger partial charge in [-0.3, -0.25) is 0 Å². The Hall–Kier alpha value is -2.11. The average molecular weight is 409 g/mol. The van der Waals surface area contributed by atoms with Crippen LogP contribution in [-0.4, -0.2) is 54.8 Å². The maximum Gasteiger partial charge on any atom is 0.164 e. The van der Waals surface area contributed by atoms with E-state index in [0.29, 0.717) is 21.6 Å². The predicted octanol–water partition coefficient (Wildman–Crippen LogP) is 1.61.